The maximum atomic E-state index is 6.10. The second-order valence-corrected chi connectivity index (χ2v) is 5.19. The fourth-order valence-corrected chi connectivity index (χ4v) is 2.62. The van der Waals surface area contributed by atoms with Gasteiger partial charge in [0.1, 0.15) is 11.6 Å². The molecule has 0 aliphatic carbocycles. The molecule has 1 aliphatic heterocycles. The average molecular weight is 289 g/mol. The van der Waals surface area contributed by atoms with Crippen LogP contribution in [0.15, 0.2) is 6.07 Å². The molecule has 0 radical (unpaired) electrons. The first-order valence-electron chi connectivity index (χ1n) is 6.20. The summed E-state index contributed by atoms with van der Waals surface area (Å²) in [6, 6.07) is 1.71. The lowest BCUT2D eigenvalue weighted by Crippen LogP contribution is -2.26. The highest BCUT2D eigenvalue weighted by atomic mass is 35.5. The standard InChI is InChI=1S/C12H18Cl2N4/c1-15-11-9(13)8-10(14)12(17-11)16-4-7-18-5-2-3-6-18/h8H,2-7H2,1H3,(H2,15,16,17). The van der Waals surface area contributed by atoms with E-state index in [2.05, 4.69) is 20.5 Å². The Kier molecular flexibility index (Phi) is 4.92. The van der Waals surface area contributed by atoms with Crippen LogP contribution >= 0.6 is 23.2 Å². The summed E-state index contributed by atoms with van der Waals surface area (Å²) >= 11 is 12.1. The Bertz CT molecular complexity index is 405. The number of pyridine rings is 1. The Morgan fingerprint density at radius 1 is 1.22 bits per heavy atom. The van der Waals surface area contributed by atoms with Gasteiger partial charge in [0.2, 0.25) is 0 Å². The van der Waals surface area contributed by atoms with Crippen LogP contribution in [0.2, 0.25) is 10.0 Å². The molecule has 6 heteroatoms. The van der Waals surface area contributed by atoms with Crippen LogP contribution in [0.3, 0.4) is 0 Å². The normalized spacial score (nSPS) is 15.9. The molecule has 1 fully saturated rings. The SMILES string of the molecule is CNc1nc(NCCN2CCCC2)c(Cl)cc1Cl. The van der Waals surface area contributed by atoms with E-state index >= 15 is 0 Å². The summed E-state index contributed by atoms with van der Waals surface area (Å²) < 4.78 is 0. The van der Waals surface area contributed by atoms with E-state index in [0.717, 1.165) is 13.1 Å². The monoisotopic (exact) mass is 288 g/mol. The predicted octanol–water partition coefficient (Wildman–Crippen LogP) is 2.94. The van der Waals surface area contributed by atoms with Gasteiger partial charge in [-0.3, -0.25) is 0 Å². The second kappa shape index (κ2) is 6.45. The fourth-order valence-electron chi connectivity index (χ4n) is 2.10. The number of likely N-dealkylation sites (tertiary alicyclic amines) is 1. The van der Waals surface area contributed by atoms with Gasteiger partial charge in [-0.1, -0.05) is 23.2 Å². The minimum absolute atomic E-state index is 0.535. The summed E-state index contributed by atoms with van der Waals surface area (Å²) in [6.07, 6.45) is 2.62. The molecule has 0 saturated carbocycles. The van der Waals surface area contributed by atoms with Crippen molar-refractivity contribution < 1.29 is 0 Å². The van der Waals surface area contributed by atoms with Crippen molar-refractivity contribution in [1.29, 1.82) is 0 Å². The van der Waals surface area contributed by atoms with Crippen LogP contribution in [0.4, 0.5) is 11.6 Å². The Morgan fingerprint density at radius 2 is 1.89 bits per heavy atom. The molecule has 2 rings (SSSR count). The van der Waals surface area contributed by atoms with Crippen molar-refractivity contribution in [2.45, 2.75) is 12.8 Å². The first-order valence-corrected chi connectivity index (χ1v) is 6.96. The van der Waals surface area contributed by atoms with E-state index in [-0.39, 0.29) is 0 Å². The van der Waals surface area contributed by atoms with Crippen molar-refractivity contribution >= 4 is 34.8 Å². The molecule has 1 aromatic rings. The maximum absolute atomic E-state index is 6.10. The van der Waals surface area contributed by atoms with Crippen molar-refractivity contribution in [3.05, 3.63) is 16.1 Å². The van der Waals surface area contributed by atoms with E-state index in [1.165, 1.54) is 25.9 Å². The molecule has 1 aromatic heterocycles. The fraction of sp³-hybridized carbons (Fsp3) is 0.583. The lowest BCUT2D eigenvalue weighted by Gasteiger charge is -2.16. The van der Waals surface area contributed by atoms with E-state index < -0.39 is 0 Å². The van der Waals surface area contributed by atoms with Crippen molar-refractivity contribution in [2.24, 2.45) is 0 Å². The van der Waals surface area contributed by atoms with Gasteiger partial charge in [0.25, 0.3) is 0 Å². The third-order valence-electron chi connectivity index (χ3n) is 3.09. The van der Waals surface area contributed by atoms with Crippen molar-refractivity contribution in [2.75, 3.05) is 43.9 Å². The topological polar surface area (TPSA) is 40.2 Å². The van der Waals surface area contributed by atoms with Crippen molar-refractivity contribution in [3.8, 4) is 0 Å². The van der Waals surface area contributed by atoms with E-state index in [1.54, 1.807) is 13.1 Å². The minimum Gasteiger partial charge on any atom is -0.372 e. The molecule has 1 saturated heterocycles. The molecule has 2 heterocycles. The van der Waals surface area contributed by atoms with Crippen LogP contribution in [0.5, 0.6) is 0 Å². The predicted molar refractivity (Wildman–Crippen MR) is 78.0 cm³/mol. The highest BCUT2D eigenvalue weighted by Crippen LogP contribution is 2.28. The van der Waals surface area contributed by atoms with Crippen LogP contribution in [-0.2, 0) is 0 Å². The quantitative estimate of drug-likeness (QED) is 0.874. The molecule has 18 heavy (non-hydrogen) atoms. The van der Waals surface area contributed by atoms with Gasteiger partial charge < -0.3 is 15.5 Å². The molecule has 0 atom stereocenters. The smallest absolute Gasteiger partial charge is 0.147 e. The first kappa shape index (κ1) is 13.7. The maximum Gasteiger partial charge on any atom is 0.147 e. The number of rotatable bonds is 5. The molecule has 0 aromatic carbocycles. The van der Waals surface area contributed by atoms with E-state index in [9.17, 15) is 0 Å². The average Bonchev–Trinajstić information content (AvgIpc) is 2.85. The van der Waals surface area contributed by atoms with Gasteiger partial charge in [0, 0.05) is 20.1 Å². The Hall–Kier alpha value is -0.710. The number of hydrogen-bond donors (Lipinski definition) is 2. The number of anilines is 2. The summed E-state index contributed by atoms with van der Waals surface area (Å²) in [5.41, 5.74) is 0. The second-order valence-electron chi connectivity index (χ2n) is 4.37. The summed E-state index contributed by atoms with van der Waals surface area (Å²) in [4.78, 5) is 6.79. The number of nitrogens with zero attached hydrogens (tertiary/aromatic N) is 2. The van der Waals surface area contributed by atoms with Gasteiger partial charge in [-0.05, 0) is 32.0 Å². The molecular weight excluding hydrogens is 271 g/mol. The summed E-state index contributed by atoms with van der Waals surface area (Å²) in [5.74, 6) is 1.33. The summed E-state index contributed by atoms with van der Waals surface area (Å²) in [5, 5.41) is 7.29. The van der Waals surface area contributed by atoms with E-state index in [0.29, 0.717) is 21.7 Å². The number of hydrogen-bond acceptors (Lipinski definition) is 4. The molecular formula is C12H18Cl2N4. The zero-order chi connectivity index (χ0) is 13.0. The third kappa shape index (κ3) is 3.40. The highest BCUT2D eigenvalue weighted by Gasteiger charge is 2.12. The van der Waals surface area contributed by atoms with Crippen molar-refractivity contribution in [3.63, 3.8) is 0 Å². The Balaban J connectivity index is 1.91. The number of aromatic nitrogens is 1. The largest absolute Gasteiger partial charge is 0.372 e. The van der Waals surface area contributed by atoms with Crippen LogP contribution in [0.1, 0.15) is 12.8 Å². The highest BCUT2D eigenvalue weighted by molar-refractivity contribution is 6.37. The zero-order valence-corrected chi connectivity index (χ0v) is 12.0. The Morgan fingerprint density at radius 3 is 2.56 bits per heavy atom. The summed E-state index contributed by atoms with van der Waals surface area (Å²) in [6.45, 7) is 4.27. The van der Waals surface area contributed by atoms with E-state index in [4.69, 9.17) is 23.2 Å². The summed E-state index contributed by atoms with van der Waals surface area (Å²) in [7, 11) is 1.79. The van der Waals surface area contributed by atoms with Crippen LogP contribution in [-0.4, -0.2) is 43.1 Å². The van der Waals surface area contributed by atoms with Gasteiger partial charge in [0.15, 0.2) is 0 Å². The van der Waals surface area contributed by atoms with Crippen LogP contribution < -0.4 is 10.6 Å². The van der Waals surface area contributed by atoms with Crippen molar-refractivity contribution in [1.82, 2.24) is 9.88 Å². The Labute approximate surface area is 118 Å². The van der Waals surface area contributed by atoms with Crippen LogP contribution in [0, 0.1) is 0 Å². The molecule has 2 N–H and O–H groups in total. The molecule has 0 unspecified atom stereocenters. The lowest BCUT2D eigenvalue weighted by atomic mass is 10.4. The third-order valence-corrected chi connectivity index (χ3v) is 3.66. The number of halogens is 2. The molecule has 100 valence electrons. The lowest BCUT2D eigenvalue weighted by molar-refractivity contribution is 0.352. The van der Waals surface area contributed by atoms with Gasteiger partial charge in [-0.25, -0.2) is 4.98 Å². The molecule has 0 spiro atoms. The first-order chi connectivity index (χ1) is 8.70. The zero-order valence-electron chi connectivity index (χ0n) is 10.5. The number of nitrogens with one attached hydrogen (secondary N) is 2. The molecule has 1 aliphatic rings. The van der Waals surface area contributed by atoms with Gasteiger partial charge in [0.05, 0.1) is 10.0 Å². The molecule has 0 amide bonds. The van der Waals surface area contributed by atoms with Gasteiger partial charge in [-0.15, -0.1) is 0 Å². The molecule has 0 bridgehead atoms. The van der Waals surface area contributed by atoms with Crippen LogP contribution in [0.25, 0.3) is 0 Å². The van der Waals surface area contributed by atoms with Gasteiger partial charge in [-0.2, -0.15) is 0 Å². The van der Waals surface area contributed by atoms with Gasteiger partial charge >= 0.3 is 0 Å². The van der Waals surface area contributed by atoms with E-state index in [1.807, 2.05) is 0 Å². The molecule has 4 nitrogen and oxygen atoms in total. The minimum atomic E-state index is 0.535.